The first-order valence-corrected chi connectivity index (χ1v) is 8.13. The molecule has 0 saturated heterocycles. The Morgan fingerprint density at radius 3 is 0.471 bits per heavy atom. The van der Waals surface area contributed by atoms with Crippen LogP contribution in [0.15, 0.2) is 0 Å². The first-order chi connectivity index (χ1) is 4.00. The fraction of sp³-hybridized carbons (Fsp3) is 0. The van der Waals surface area contributed by atoms with Gasteiger partial charge < -0.3 is 21.9 Å². The smallest absolute Gasteiger partial charge is 0 e. The molecule has 0 fully saturated rings. The number of hydrogen-bond acceptors (Lipinski definition) is 2. The van der Waals surface area contributed by atoms with Gasteiger partial charge in [0.25, 0.3) is 0 Å². The van der Waals surface area contributed by atoms with Crippen molar-refractivity contribution < 1.29 is 105 Å². The van der Waals surface area contributed by atoms with Crippen molar-refractivity contribution in [1.82, 2.24) is 0 Å². The van der Waals surface area contributed by atoms with Crippen LogP contribution in [0.5, 0.6) is 0 Å². The van der Waals surface area contributed by atoms with Crippen LogP contribution in [-0.4, -0.2) is 75.5 Å². The first-order valence-electron chi connectivity index (χ1n) is 1.57. The largest absolute Gasteiger partial charge is 0 e. The SMILES string of the molecule is O.O.O.O.O=[As](O)(O)O.O=[As](O)(O)O.[Cu].[Cu].[Cu]. The Bertz CT molecular complexity index is 132. The quantitative estimate of drug-likeness (QED) is 0.158. The van der Waals surface area contributed by atoms with E-state index in [1.165, 1.54) is 0 Å². The molecule has 0 aliphatic rings. The van der Waals surface area contributed by atoms with E-state index in [4.69, 9.17) is 32.1 Å². The molecule has 0 amide bonds. The van der Waals surface area contributed by atoms with Crippen molar-refractivity contribution in [2.24, 2.45) is 0 Å². The molecular weight excluding hydrogens is 532 g/mol. The van der Waals surface area contributed by atoms with Crippen molar-refractivity contribution in [2.75, 3.05) is 0 Å². The molecule has 12 nitrogen and oxygen atoms in total. The Morgan fingerprint density at radius 2 is 0.471 bits per heavy atom. The Hall–Kier alpha value is 1.88. The van der Waals surface area contributed by atoms with E-state index in [2.05, 4.69) is 0 Å². The molecule has 3 radical (unpaired) electrons. The molecule has 0 saturated carbocycles. The van der Waals surface area contributed by atoms with Crippen molar-refractivity contribution in [2.45, 2.75) is 0 Å². The van der Waals surface area contributed by atoms with Gasteiger partial charge in [0.1, 0.15) is 0 Å². The average Bonchev–Trinajstić information content (AvgIpc) is 1.12. The van der Waals surface area contributed by atoms with Gasteiger partial charge in [-0.2, -0.15) is 0 Å². The fourth-order valence-electron chi connectivity index (χ4n) is 0. The van der Waals surface area contributed by atoms with Gasteiger partial charge in [0.05, 0.1) is 0 Å². The van der Waals surface area contributed by atoms with E-state index >= 15 is 0 Å². The van der Waals surface area contributed by atoms with Crippen molar-refractivity contribution >= 4 is 29.0 Å². The van der Waals surface area contributed by atoms with E-state index in [-0.39, 0.29) is 73.1 Å². The van der Waals surface area contributed by atoms with Crippen LogP contribution in [0.1, 0.15) is 0 Å². The molecule has 0 bridgehead atoms. The van der Waals surface area contributed by atoms with Crippen LogP contribution in [0.4, 0.5) is 0 Å². The molecule has 0 atom stereocenters. The predicted octanol–water partition coefficient (Wildman–Crippen LogP) is -7.65. The summed E-state index contributed by atoms with van der Waals surface area (Å²) in [4.78, 5) is 0. The van der Waals surface area contributed by atoms with Crippen molar-refractivity contribution in [3.05, 3.63) is 0 Å². The molecular formula is H14As2Cu3O12. The maximum absolute atomic E-state index is 8.94. The van der Waals surface area contributed by atoms with Crippen LogP contribution in [-0.2, 0) is 58.7 Å². The van der Waals surface area contributed by atoms with Crippen molar-refractivity contribution in [3.8, 4) is 0 Å². The Kier molecular flexibility index (Phi) is 96.2. The molecule has 0 aromatic carbocycles. The molecule has 0 heterocycles. The zero-order valence-electron chi connectivity index (χ0n) is 7.30. The van der Waals surface area contributed by atoms with E-state index in [0.29, 0.717) is 0 Å². The van der Waals surface area contributed by atoms with E-state index in [1.54, 1.807) is 0 Å². The van der Waals surface area contributed by atoms with E-state index < -0.39 is 29.0 Å². The van der Waals surface area contributed by atoms with E-state index in [9.17, 15) is 0 Å². The van der Waals surface area contributed by atoms with Crippen molar-refractivity contribution in [3.63, 3.8) is 0 Å². The zero-order chi connectivity index (χ0) is 9.00. The molecule has 129 valence electrons. The molecule has 0 unspecified atom stereocenters. The summed E-state index contributed by atoms with van der Waals surface area (Å²) < 4.78 is 61.4. The summed E-state index contributed by atoms with van der Waals surface area (Å²) in [5, 5.41) is 0. The molecule has 0 aliphatic carbocycles. The average molecular weight is 547 g/mol. The second kappa shape index (κ2) is 26.4. The molecule has 0 aromatic rings. The summed E-state index contributed by atoms with van der Waals surface area (Å²) in [6.45, 7) is 0. The summed E-state index contributed by atoms with van der Waals surface area (Å²) >= 11 is -10.2. The van der Waals surface area contributed by atoms with Crippen LogP contribution in [0.25, 0.3) is 0 Å². The number of rotatable bonds is 0. The molecule has 17 heteroatoms. The van der Waals surface area contributed by atoms with Crippen LogP contribution >= 0.6 is 0 Å². The third kappa shape index (κ3) is 1280. The molecule has 0 aromatic heterocycles. The Balaban J connectivity index is -0.00000000762. The summed E-state index contributed by atoms with van der Waals surface area (Å²) in [7, 11) is 0. The van der Waals surface area contributed by atoms with Gasteiger partial charge in [-0.25, -0.2) is 0 Å². The second-order valence-electron chi connectivity index (χ2n) is 1.03. The van der Waals surface area contributed by atoms with Crippen LogP contribution in [0.3, 0.4) is 0 Å². The molecule has 0 rings (SSSR count). The van der Waals surface area contributed by atoms with Gasteiger partial charge >= 0.3 is 61.1 Å². The zero-order valence-corrected chi connectivity index (χ0v) is 13.9. The van der Waals surface area contributed by atoms with E-state index in [0.717, 1.165) is 0 Å². The minimum Gasteiger partial charge on any atom is 0 e. The van der Waals surface area contributed by atoms with Crippen LogP contribution in [0.2, 0.25) is 0 Å². The maximum atomic E-state index is 8.94. The van der Waals surface area contributed by atoms with Gasteiger partial charge in [0.15, 0.2) is 0 Å². The minimum absolute atomic E-state index is 0. The normalized spacial score (nSPS) is 6.94. The number of hydrogen-bond donors (Lipinski definition) is 6. The summed E-state index contributed by atoms with van der Waals surface area (Å²) in [5.74, 6) is 0. The fourth-order valence-corrected chi connectivity index (χ4v) is 0. The molecule has 0 spiro atoms. The van der Waals surface area contributed by atoms with Crippen LogP contribution in [0, 0.1) is 0 Å². The summed E-state index contributed by atoms with van der Waals surface area (Å²) in [6, 6.07) is 0. The van der Waals surface area contributed by atoms with Gasteiger partial charge in [-0.15, -0.1) is 0 Å². The minimum atomic E-state index is -5.12. The molecule has 17 heavy (non-hydrogen) atoms. The van der Waals surface area contributed by atoms with Gasteiger partial charge in [0, 0.05) is 51.2 Å². The third-order valence-corrected chi connectivity index (χ3v) is 0. The van der Waals surface area contributed by atoms with Gasteiger partial charge in [-0.05, 0) is 0 Å². The Labute approximate surface area is 133 Å². The standard InChI is InChI=1S/2AsH3O4.3Cu.4H2O/c2*2-1(3,4)5;;;;;;;/h2*(H3,2,3,4,5);;;;4*1H2. The predicted molar refractivity (Wildman–Crippen MR) is 40.6 cm³/mol. The molecule has 0 aliphatic heterocycles. The van der Waals surface area contributed by atoms with Gasteiger partial charge in [0.2, 0.25) is 0 Å². The maximum Gasteiger partial charge on any atom is 0 e. The second-order valence-corrected chi connectivity index (χ2v) is 5.33. The van der Waals surface area contributed by atoms with Crippen molar-refractivity contribution in [1.29, 1.82) is 0 Å². The Morgan fingerprint density at radius 1 is 0.471 bits per heavy atom. The first kappa shape index (κ1) is 61.8. The van der Waals surface area contributed by atoms with Gasteiger partial charge in [-0.1, -0.05) is 0 Å². The van der Waals surface area contributed by atoms with E-state index in [1.807, 2.05) is 0 Å². The summed E-state index contributed by atoms with van der Waals surface area (Å²) in [5.41, 5.74) is 0. The monoisotopic (exact) mass is 545 g/mol. The topological polar surface area (TPSA) is 282 Å². The third-order valence-electron chi connectivity index (χ3n) is 0. The summed E-state index contributed by atoms with van der Waals surface area (Å²) in [6.07, 6.45) is 0. The van der Waals surface area contributed by atoms with Gasteiger partial charge in [-0.3, -0.25) is 0 Å². The van der Waals surface area contributed by atoms with Crippen LogP contribution < -0.4 is 0 Å². The molecule has 14 N–H and O–H groups in total.